The molecule has 0 aromatic rings. The van der Waals surface area contributed by atoms with E-state index in [9.17, 15) is 35.7 Å². The number of ether oxygens (including phenoxy) is 3. The van der Waals surface area contributed by atoms with E-state index in [0.717, 1.165) is 0 Å². The van der Waals surface area contributed by atoms with Crippen LogP contribution in [0.4, 0.5) is 0 Å². The Bertz CT molecular complexity index is 378. The Kier molecular flexibility index (Phi) is 6.27. The van der Waals surface area contributed by atoms with Gasteiger partial charge < -0.3 is 55.1 Å². The maximum absolute atomic E-state index is 9.94. The third-order valence-corrected chi connectivity index (χ3v) is 3.98. The van der Waals surface area contributed by atoms with E-state index in [2.05, 4.69) is 0 Å². The molecule has 0 radical (unpaired) electrons. The Morgan fingerprint density at radius 3 is 1.83 bits per heavy atom. The van der Waals surface area contributed by atoms with E-state index in [1.54, 1.807) is 0 Å². The molecule has 0 amide bonds. The summed E-state index contributed by atoms with van der Waals surface area (Å²) in [7, 11) is 0. The van der Waals surface area contributed by atoms with Gasteiger partial charge in [-0.15, -0.1) is 0 Å². The first kappa shape index (κ1) is 18.9. The van der Waals surface area contributed by atoms with Crippen LogP contribution < -0.4 is 0 Å². The van der Waals surface area contributed by atoms with Crippen molar-refractivity contribution < 1.29 is 55.1 Å². The van der Waals surface area contributed by atoms with E-state index in [-0.39, 0.29) is 0 Å². The molecule has 23 heavy (non-hydrogen) atoms. The van der Waals surface area contributed by atoms with E-state index < -0.39 is 74.6 Å². The van der Waals surface area contributed by atoms with Crippen LogP contribution in [-0.4, -0.2) is 115 Å². The molecule has 10 atom stereocenters. The Morgan fingerprint density at radius 2 is 1.26 bits per heavy atom. The van der Waals surface area contributed by atoms with Gasteiger partial charge in [-0.1, -0.05) is 0 Å². The lowest BCUT2D eigenvalue weighted by Crippen LogP contribution is -2.64. The number of rotatable bonds is 4. The fourth-order valence-corrected chi connectivity index (χ4v) is 2.57. The minimum Gasteiger partial charge on any atom is -0.394 e. The van der Waals surface area contributed by atoms with E-state index in [0.29, 0.717) is 0 Å². The number of hydrogen-bond donors (Lipinski definition) is 8. The van der Waals surface area contributed by atoms with Crippen molar-refractivity contribution in [2.45, 2.75) is 61.4 Å². The molecule has 0 aromatic heterocycles. The van der Waals surface area contributed by atoms with Crippen LogP contribution in [0.2, 0.25) is 0 Å². The van der Waals surface area contributed by atoms with Crippen molar-refractivity contribution in [2.75, 3.05) is 13.2 Å². The van der Waals surface area contributed by atoms with Crippen LogP contribution in [0.25, 0.3) is 0 Å². The average molecular weight is 342 g/mol. The number of aliphatic hydroxyl groups excluding tert-OH is 8. The fraction of sp³-hybridized carbons (Fsp3) is 1.00. The molecule has 0 saturated carbocycles. The summed E-state index contributed by atoms with van der Waals surface area (Å²) in [4.78, 5) is 0. The van der Waals surface area contributed by atoms with Gasteiger partial charge in [-0.2, -0.15) is 0 Å². The third-order valence-electron chi connectivity index (χ3n) is 3.98. The molecule has 136 valence electrons. The number of hydrogen-bond acceptors (Lipinski definition) is 11. The summed E-state index contributed by atoms with van der Waals surface area (Å²) >= 11 is 0. The molecule has 11 nitrogen and oxygen atoms in total. The minimum atomic E-state index is -1.74. The first-order chi connectivity index (χ1) is 10.8. The largest absolute Gasteiger partial charge is 0.394 e. The fourth-order valence-electron chi connectivity index (χ4n) is 2.57. The maximum atomic E-state index is 9.94. The predicted octanol–water partition coefficient (Wildman–Crippen LogP) is -5.40. The average Bonchev–Trinajstić information content (AvgIpc) is 2.55. The second-order valence-electron chi connectivity index (χ2n) is 5.53. The maximum Gasteiger partial charge on any atom is 0.187 e. The molecule has 0 spiro atoms. The van der Waals surface area contributed by atoms with Crippen molar-refractivity contribution >= 4 is 0 Å². The summed E-state index contributed by atoms with van der Waals surface area (Å²) in [5.41, 5.74) is 0. The van der Waals surface area contributed by atoms with Crippen LogP contribution in [0.15, 0.2) is 0 Å². The van der Waals surface area contributed by atoms with Crippen LogP contribution in [0, 0.1) is 0 Å². The lowest BCUT2D eigenvalue weighted by Gasteiger charge is -2.45. The molecular weight excluding hydrogens is 320 g/mol. The summed E-state index contributed by atoms with van der Waals surface area (Å²) in [6.45, 7) is -1.35. The van der Waals surface area contributed by atoms with Crippen LogP contribution >= 0.6 is 0 Å². The predicted molar refractivity (Wildman–Crippen MR) is 68.6 cm³/mol. The first-order valence-corrected chi connectivity index (χ1v) is 7.08. The molecule has 0 bridgehead atoms. The summed E-state index contributed by atoms with van der Waals surface area (Å²) in [6.07, 6.45) is -15.6. The van der Waals surface area contributed by atoms with Crippen molar-refractivity contribution in [3.8, 4) is 0 Å². The summed E-state index contributed by atoms with van der Waals surface area (Å²) in [5.74, 6) is 0. The second kappa shape index (κ2) is 7.63. The Morgan fingerprint density at radius 1 is 0.652 bits per heavy atom. The smallest absolute Gasteiger partial charge is 0.187 e. The summed E-state index contributed by atoms with van der Waals surface area (Å²) in [6, 6.07) is 0. The van der Waals surface area contributed by atoms with Crippen LogP contribution in [0.5, 0.6) is 0 Å². The molecule has 8 N–H and O–H groups in total. The van der Waals surface area contributed by atoms with E-state index in [1.165, 1.54) is 0 Å². The van der Waals surface area contributed by atoms with Gasteiger partial charge in [0.05, 0.1) is 13.2 Å². The zero-order valence-electron chi connectivity index (χ0n) is 12.0. The van der Waals surface area contributed by atoms with Gasteiger partial charge in [-0.3, -0.25) is 0 Å². The van der Waals surface area contributed by atoms with Crippen molar-refractivity contribution in [2.24, 2.45) is 0 Å². The second-order valence-corrected chi connectivity index (χ2v) is 5.53. The minimum absolute atomic E-state index is 0.667. The van der Waals surface area contributed by atoms with Crippen LogP contribution in [-0.2, 0) is 14.2 Å². The van der Waals surface area contributed by atoms with E-state index >= 15 is 0 Å². The summed E-state index contributed by atoms with van der Waals surface area (Å²) < 4.78 is 15.3. The van der Waals surface area contributed by atoms with Gasteiger partial charge in [0.2, 0.25) is 0 Å². The van der Waals surface area contributed by atoms with Crippen molar-refractivity contribution in [3.05, 3.63) is 0 Å². The Hall–Kier alpha value is -0.440. The van der Waals surface area contributed by atoms with E-state index in [4.69, 9.17) is 19.3 Å². The summed E-state index contributed by atoms with van der Waals surface area (Å²) in [5, 5.41) is 76.5. The quantitative estimate of drug-likeness (QED) is 0.243. The number of aliphatic hydroxyl groups is 8. The SMILES string of the molecule is OC[C@H]1O[C@@H](O[C@H]2[C@H](O)[C@H](O)C(O)O[C@@H]2CO)[C@H](O)[C@@H](O)[C@@H]1O. The van der Waals surface area contributed by atoms with E-state index in [1.807, 2.05) is 0 Å². The molecule has 0 aliphatic carbocycles. The van der Waals surface area contributed by atoms with Gasteiger partial charge in [-0.05, 0) is 0 Å². The highest BCUT2D eigenvalue weighted by Crippen LogP contribution is 2.28. The van der Waals surface area contributed by atoms with Gasteiger partial charge in [0.15, 0.2) is 12.6 Å². The highest BCUT2D eigenvalue weighted by atomic mass is 16.7. The monoisotopic (exact) mass is 342 g/mol. The molecular formula is C12H22O11. The first-order valence-electron chi connectivity index (χ1n) is 7.08. The zero-order chi connectivity index (χ0) is 17.3. The van der Waals surface area contributed by atoms with Crippen LogP contribution in [0.3, 0.4) is 0 Å². The van der Waals surface area contributed by atoms with Gasteiger partial charge in [-0.25, -0.2) is 0 Å². The third kappa shape index (κ3) is 3.65. The molecule has 2 aliphatic heterocycles. The molecule has 0 aromatic carbocycles. The molecule has 11 heteroatoms. The molecule has 2 heterocycles. The normalized spacial score (nSPS) is 51.7. The molecule has 1 unspecified atom stereocenters. The van der Waals surface area contributed by atoms with Gasteiger partial charge >= 0.3 is 0 Å². The van der Waals surface area contributed by atoms with Crippen LogP contribution in [0.1, 0.15) is 0 Å². The van der Waals surface area contributed by atoms with Gasteiger partial charge in [0, 0.05) is 0 Å². The Balaban J connectivity index is 2.11. The van der Waals surface area contributed by atoms with Crippen molar-refractivity contribution in [3.63, 3.8) is 0 Å². The lowest BCUT2D eigenvalue weighted by molar-refractivity contribution is -0.355. The highest BCUT2D eigenvalue weighted by molar-refractivity contribution is 4.93. The van der Waals surface area contributed by atoms with Crippen molar-refractivity contribution in [1.82, 2.24) is 0 Å². The molecule has 2 aliphatic rings. The topological polar surface area (TPSA) is 190 Å². The molecule has 2 fully saturated rings. The van der Waals surface area contributed by atoms with Crippen molar-refractivity contribution in [1.29, 1.82) is 0 Å². The molecule has 2 rings (SSSR count). The van der Waals surface area contributed by atoms with Gasteiger partial charge in [0.25, 0.3) is 0 Å². The highest BCUT2D eigenvalue weighted by Gasteiger charge is 2.50. The standard InChI is InChI=1S/C12H22O11/c13-1-3-5(15)6(16)9(19)12(22-3)23-10-4(2-14)21-11(20)8(18)7(10)17/h3-20H,1-2H2/t3-,4-,5-,6+,7-,8+,9-,10-,11?,12+/m1/s1. The molecule has 2 saturated heterocycles. The Labute approximate surface area is 130 Å². The zero-order valence-corrected chi connectivity index (χ0v) is 12.0. The lowest BCUT2D eigenvalue weighted by atomic mass is 9.97. The van der Waals surface area contributed by atoms with Gasteiger partial charge in [0.1, 0.15) is 48.8 Å².